The van der Waals surface area contributed by atoms with Crippen LogP contribution in [0.3, 0.4) is 0 Å². The van der Waals surface area contributed by atoms with E-state index in [1.165, 1.54) is 5.57 Å². The first-order chi connectivity index (χ1) is 9.17. The number of benzene rings is 1. The predicted molar refractivity (Wildman–Crippen MR) is 81.1 cm³/mol. The maximum absolute atomic E-state index is 12.0. The molecule has 3 heteroatoms. The molecular weight excluding hydrogens is 252 g/mol. The Morgan fingerprint density at radius 3 is 2.45 bits per heavy atom. The number of allylic oxidation sites excluding steroid dienone is 1. The van der Waals surface area contributed by atoms with Crippen molar-refractivity contribution in [3.05, 3.63) is 41.5 Å². The van der Waals surface area contributed by atoms with Crippen molar-refractivity contribution < 1.29 is 14.3 Å². The Labute approximate surface area is 121 Å². The average Bonchev–Trinajstić information content (AvgIpc) is 2.25. The molecule has 0 radical (unpaired) electrons. The van der Waals surface area contributed by atoms with Crippen LogP contribution >= 0.6 is 0 Å². The lowest BCUT2D eigenvalue weighted by molar-refractivity contribution is 0.00690. The number of esters is 1. The van der Waals surface area contributed by atoms with Gasteiger partial charge in [-0.1, -0.05) is 11.6 Å². The van der Waals surface area contributed by atoms with Crippen LogP contribution in [-0.4, -0.2) is 17.7 Å². The SMILES string of the molecule is CC(C)=CC(C)Oc1cccc(C(=O)OC(C)(C)C)c1. The molecule has 0 saturated carbocycles. The zero-order valence-corrected chi connectivity index (χ0v) is 13.2. The molecule has 20 heavy (non-hydrogen) atoms. The van der Waals surface area contributed by atoms with E-state index in [0.29, 0.717) is 11.3 Å². The summed E-state index contributed by atoms with van der Waals surface area (Å²) in [4.78, 5) is 12.0. The second-order valence-corrected chi connectivity index (χ2v) is 6.10. The largest absolute Gasteiger partial charge is 0.487 e. The Morgan fingerprint density at radius 2 is 1.90 bits per heavy atom. The van der Waals surface area contributed by atoms with E-state index < -0.39 is 5.60 Å². The summed E-state index contributed by atoms with van der Waals surface area (Å²) in [6, 6.07) is 7.07. The molecule has 1 unspecified atom stereocenters. The summed E-state index contributed by atoms with van der Waals surface area (Å²) in [5.74, 6) is 0.330. The van der Waals surface area contributed by atoms with Crippen LogP contribution in [0.15, 0.2) is 35.9 Å². The van der Waals surface area contributed by atoms with Crippen LogP contribution in [0.1, 0.15) is 51.9 Å². The van der Waals surface area contributed by atoms with E-state index in [1.54, 1.807) is 18.2 Å². The highest BCUT2D eigenvalue weighted by molar-refractivity contribution is 5.90. The molecule has 0 spiro atoms. The number of carbonyl (C=O) groups excluding carboxylic acids is 1. The lowest BCUT2D eigenvalue weighted by atomic mass is 10.1. The van der Waals surface area contributed by atoms with Crippen LogP contribution in [0.4, 0.5) is 0 Å². The molecular formula is C17H24O3. The Balaban J connectivity index is 2.81. The molecule has 3 nitrogen and oxygen atoms in total. The van der Waals surface area contributed by atoms with Crippen molar-refractivity contribution >= 4 is 5.97 Å². The first kappa shape index (κ1) is 16.3. The summed E-state index contributed by atoms with van der Waals surface area (Å²) in [7, 11) is 0. The van der Waals surface area contributed by atoms with Gasteiger partial charge in [-0.25, -0.2) is 4.79 Å². The molecule has 0 aliphatic carbocycles. The summed E-state index contributed by atoms with van der Waals surface area (Å²) >= 11 is 0. The van der Waals surface area contributed by atoms with Crippen molar-refractivity contribution in [1.29, 1.82) is 0 Å². The van der Waals surface area contributed by atoms with Crippen LogP contribution in [0, 0.1) is 0 Å². The van der Waals surface area contributed by atoms with Gasteiger partial charge in [0.05, 0.1) is 5.56 Å². The van der Waals surface area contributed by atoms with E-state index in [4.69, 9.17) is 9.47 Å². The molecule has 0 fully saturated rings. The van der Waals surface area contributed by atoms with Crippen LogP contribution < -0.4 is 4.74 Å². The van der Waals surface area contributed by atoms with Crippen molar-refractivity contribution in [2.75, 3.05) is 0 Å². The lowest BCUT2D eigenvalue weighted by Gasteiger charge is -2.20. The molecule has 1 aromatic rings. The second kappa shape index (κ2) is 6.60. The third-order valence-corrected chi connectivity index (χ3v) is 2.36. The van der Waals surface area contributed by atoms with E-state index in [0.717, 1.165) is 0 Å². The smallest absolute Gasteiger partial charge is 0.338 e. The molecule has 0 N–H and O–H groups in total. The van der Waals surface area contributed by atoms with Gasteiger partial charge >= 0.3 is 5.97 Å². The molecule has 0 saturated heterocycles. The molecule has 1 rings (SSSR count). The molecule has 0 aliphatic heterocycles. The standard InChI is InChI=1S/C17H24O3/c1-12(2)10-13(3)19-15-9-7-8-14(11-15)16(18)20-17(4,5)6/h7-11,13H,1-6H3. The Morgan fingerprint density at radius 1 is 1.25 bits per heavy atom. The Hall–Kier alpha value is -1.77. The zero-order valence-electron chi connectivity index (χ0n) is 13.2. The number of rotatable bonds is 4. The van der Waals surface area contributed by atoms with Crippen LogP contribution in [0.2, 0.25) is 0 Å². The van der Waals surface area contributed by atoms with Gasteiger partial charge in [0.25, 0.3) is 0 Å². The van der Waals surface area contributed by atoms with E-state index in [1.807, 2.05) is 53.7 Å². The second-order valence-electron chi connectivity index (χ2n) is 6.10. The lowest BCUT2D eigenvalue weighted by Crippen LogP contribution is -2.23. The summed E-state index contributed by atoms with van der Waals surface area (Å²) < 4.78 is 11.1. The zero-order chi connectivity index (χ0) is 15.3. The van der Waals surface area contributed by atoms with Gasteiger partial charge in [0.1, 0.15) is 17.5 Å². The minimum Gasteiger partial charge on any atom is -0.487 e. The quantitative estimate of drug-likeness (QED) is 0.605. The van der Waals surface area contributed by atoms with Crippen LogP contribution in [0.25, 0.3) is 0 Å². The monoisotopic (exact) mass is 276 g/mol. The Bertz CT molecular complexity index is 491. The fraction of sp³-hybridized carbons (Fsp3) is 0.471. The van der Waals surface area contributed by atoms with E-state index in [2.05, 4.69) is 0 Å². The van der Waals surface area contributed by atoms with E-state index >= 15 is 0 Å². The van der Waals surface area contributed by atoms with Gasteiger partial charge in [-0.05, 0) is 65.8 Å². The molecule has 0 aromatic heterocycles. The number of carbonyl (C=O) groups is 1. The average molecular weight is 276 g/mol. The first-order valence-corrected chi connectivity index (χ1v) is 6.82. The van der Waals surface area contributed by atoms with Gasteiger partial charge in [0, 0.05) is 0 Å². The summed E-state index contributed by atoms with van der Waals surface area (Å²) in [5.41, 5.74) is 1.20. The number of hydrogen-bond donors (Lipinski definition) is 0. The van der Waals surface area contributed by atoms with Gasteiger partial charge in [0.15, 0.2) is 0 Å². The minimum atomic E-state index is -0.497. The van der Waals surface area contributed by atoms with Crippen molar-refractivity contribution in [2.24, 2.45) is 0 Å². The first-order valence-electron chi connectivity index (χ1n) is 6.82. The third-order valence-electron chi connectivity index (χ3n) is 2.36. The van der Waals surface area contributed by atoms with Gasteiger partial charge < -0.3 is 9.47 Å². The maximum Gasteiger partial charge on any atom is 0.338 e. The van der Waals surface area contributed by atoms with Gasteiger partial charge in [-0.3, -0.25) is 0 Å². The van der Waals surface area contributed by atoms with Crippen LogP contribution in [-0.2, 0) is 4.74 Å². The summed E-state index contributed by atoms with van der Waals surface area (Å²) in [6.07, 6.45) is 1.99. The molecule has 0 heterocycles. The molecule has 1 atom stereocenters. The highest BCUT2D eigenvalue weighted by atomic mass is 16.6. The minimum absolute atomic E-state index is 0.0334. The van der Waals surface area contributed by atoms with Gasteiger partial charge in [-0.15, -0.1) is 0 Å². The van der Waals surface area contributed by atoms with Crippen molar-refractivity contribution in [1.82, 2.24) is 0 Å². The topological polar surface area (TPSA) is 35.5 Å². The predicted octanol–water partition coefficient (Wildman–Crippen LogP) is 4.38. The van der Waals surface area contributed by atoms with Crippen molar-refractivity contribution in [3.63, 3.8) is 0 Å². The number of hydrogen-bond acceptors (Lipinski definition) is 3. The summed E-state index contributed by atoms with van der Waals surface area (Å²) in [6.45, 7) is 11.6. The van der Waals surface area contributed by atoms with E-state index in [-0.39, 0.29) is 12.1 Å². The fourth-order valence-corrected chi connectivity index (χ4v) is 1.75. The van der Waals surface area contributed by atoms with Crippen molar-refractivity contribution in [2.45, 2.75) is 53.2 Å². The maximum atomic E-state index is 12.0. The molecule has 0 amide bonds. The normalized spacial score (nSPS) is 12.5. The highest BCUT2D eigenvalue weighted by Crippen LogP contribution is 2.18. The number of ether oxygens (including phenoxy) is 2. The van der Waals surface area contributed by atoms with E-state index in [9.17, 15) is 4.79 Å². The molecule has 110 valence electrons. The fourth-order valence-electron chi connectivity index (χ4n) is 1.75. The van der Waals surface area contributed by atoms with Gasteiger partial charge in [0.2, 0.25) is 0 Å². The Kier molecular flexibility index (Phi) is 5.37. The molecule has 0 bridgehead atoms. The molecule has 1 aromatic carbocycles. The third kappa shape index (κ3) is 5.91. The highest BCUT2D eigenvalue weighted by Gasteiger charge is 2.18. The van der Waals surface area contributed by atoms with Gasteiger partial charge in [-0.2, -0.15) is 0 Å². The molecule has 0 aliphatic rings. The van der Waals surface area contributed by atoms with Crippen LogP contribution in [0.5, 0.6) is 5.75 Å². The summed E-state index contributed by atoms with van der Waals surface area (Å²) in [5, 5.41) is 0. The van der Waals surface area contributed by atoms with Crippen molar-refractivity contribution in [3.8, 4) is 5.75 Å².